The van der Waals surface area contributed by atoms with Crippen LogP contribution in [-0.4, -0.2) is 58.3 Å². The van der Waals surface area contributed by atoms with E-state index in [1.54, 1.807) is 16.2 Å². The number of urea groups is 1. The van der Waals surface area contributed by atoms with E-state index in [-0.39, 0.29) is 24.3 Å². The van der Waals surface area contributed by atoms with Crippen LogP contribution in [0.15, 0.2) is 54.6 Å². The van der Waals surface area contributed by atoms with Gasteiger partial charge in [0.2, 0.25) is 5.91 Å². The first kappa shape index (κ1) is 21.6. The van der Waals surface area contributed by atoms with Crippen LogP contribution in [0.4, 0.5) is 4.79 Å². The van der Waals surface area contributed by atoms with Crippen LogP contribution < -0.4 is 5.32 Å². The van der Waals surface area contributed by atoms with Gasteiger partial charge in [-0.2, -0.15) is 0 Å². The van der Waals surface area contributed by atoms with Crippen molar-refractivity contribution in [3.05, 3.63) is 65.2 Å². The van der Waals surface area contributed by atoms with E-state index in [9.17, 15) is 14.4 Å². The molecule has 2 atom stereocenters. The Morgan fingerprint density at radius 3 is 2.70 bits per heavy atom. The molecule has 1 N–H and O–H groups in total. The SMILES string of the molecule is O=C(CN1C(=O)NC(CCc2ccccc2)C1=O)N1CCCC(c2nc3ccccc3s2)C1. The third kappa shape index (κ3) is 4.61. The maximum atomic E-state index is 13.0. The van der Waals surface area contributed by atoms with E-state index in [2.05, 4.69) is 11.4 Å². The predicted octanol–water partition coefficient (Wildman–Crippen LogP) is 3.56. The van der Waals surface area contributed by atoms with E-state index >= 15 is 0 Å². The molecular weight excluding hydrogens is 436 g/mol. The number of benzene rings is 2. The maximum absolute atomic E-state index is 13.0. The molecule has 2 aliphatic rings. The normalized spacial score (nSPS) is 21.0. The van der Waals surface area contributed by atoms with E-state index in [0.29, 0.717) is 25.9 Å². The molecule has 5 rings (SSSR count). The Morgan fingerprint density at radius 2 is 1.88 bits per heavy atom. The second-order valence-corrected chi connectivity index (χ2v) is 9.71. The summed E-state index contributed by atoms with van der Waals surface area (Å²) in [5, 5.41) is 3.79. The van der Waals surface area contributed by atoms with Crippen LogP contribution in [-0.2, 0) is 16.0 Å². The first-order valence-corrected chi connectivity index (χ1v) is 12.2. The third-order valence-corrected chi connectivity index (χ3v) is 7.60. The molecule has 0 aliphatic carbocycles. The van der Waals surface area contributed by atoms with Crippen LogP contribution in [0, 0.1) is 0 Å². The van der Waals surface area contributed by atoms with Gasteiger partial charge in [-0.05, 0) is 43.4 Å². The molecule has 170 valence electrons. The topological polar surface area (TPSA) is 82.6 Å². The Labute approximate surface area is 196 Å². The Balaban J connectivity index is 1.19. The van der Waals surface area contributed by atoms with Gasteiger partial charge in [0.25, 0.3) is 5.91 Å². The molecule has 3 aromatic rings. The van der Waals surface area contributed by atoms with Gasteiger partial charge >= 0.3 is 6.03 Å². The number of nitrogens with zero attached hydrogens (tertiary/aromatic N) is 3. The molecule has 0 saturated carbocycles. The number of likely N-dealkylation sites (tertiary alicyclic amines) is 1. The van der Waals surface area contributed by atoms with Crippen molar-refractivity contribution < 1.29 is 14.4 Å². The molecule has 2 fully saturated rings. The number of piperidine rings is 1. The second kappa shape index (κ2) is 9.31. The predicted molar refractivity (Wildman–Crippen MR) is 127 cm³/mol. The molecule has 4 amide bonds. The zero-order valence-corrected chi connectivity index (χ0v) is 19.1. The van der Waals surface area contributed by atoms with Crippen LogP contribution in [0.25, 0.3) is 10.2 Å². The number of hydrogen-bond donors (Lipinski definition) is 1. The number of thiazole rings is 1. The van der Waals surface area contributed by atoms with Crippen LogP contribution in [0.1, 0.15) is 35.8 Å². The van der Waals surface area contributed by atoms with Crippen molar-refractivity contribution in [1.82, 2.24) is 20.1 Å². The van der Waals surface area contributed by atoms with E-state index in [1.807, 2.05) is 48.5 Å². The summed E-state index contributed by atoms with van der Waals surface area (Å²) in [6.07, 6.45) is 3.07. The first-order valence-electron chi connectivity index (χ1n) is 11.4. The lowest BCUT2D eigenvalue weighted by atomic mass is 9.98. The fourth-order valence-corrected chi connectivity index (χ4v) is 5.68. The molecule has 2 aliphatic heterocycles. The van der Waals surface area contributed by atoms with Crippen LogP contribution in [0.2, 0.25) is 0 Å². The number of amides is 4. The number of aryl methyl sites for hydroxylation is 1. The molecule has 7 nitrogen and oxygen atoms in total. The summed E-state index contributed by atoms with van der Waals surface area (Å²) in [5.41, 5.74) is 2.10. The molecule has 2 unspecified atom stereocenters. The zero-order chi connectivity index (χ0) is 22.8. The van der Waals surface area contributed by atoms with E-state index in [0.717, 1.165) is 38.5 Å². The summed E-state index contributed by atoms with van der Waals surface area (Å²) in [6, 6.07) is 16.9. The Kier molecular flexibility index (Phi) is 6.09. The number of para-hydroxylation sites is 1. The van der Waals surface area contributed by atoms with Crippen LogP contribution in [0.5, 0.6) is 0 Å². The Bertz CT molecular complexity index is 1150. The molecule has 0 radical (unpaired) electrons. The summed E-state index contributed by atoms with van der Waals surface area (Å²) in [4.78, 5) is 45.9. The van der Waals surface area contributed by atoms with Gasteiger partial charge in [0, 0.05) is 19.0 Å². The molecule has 0 bridgehead atoms. The minimum atomic E-state index is -0.581. The standard InChI is InChI=1S/C25H26N4O3S/c30-22(16-29-24(31)20(27-25(29)32)13-12-17-7-2-1-3-8-17)28-14-6-9-18(15-28)23-26-19-10-4-5-11-21(19)33-23/h1-5,7-8,10-11,18,20H,6,9,12-16H2,(H,27,32). The van der Waals surface area contributed by atoms with Gasteiger partial charge in [0.1, 0.15) is 12.6 Å². The molecule has 2 aromatic carbocycles. The fraction of sp³-hybridized carbons (Fsp3) is 0.360. The second-order valence-electron chi connectivity index (χ2n) is 8.65. The largest absolute Gasteiger partial charge is 0.340 e. The van der Waals surface area contributed by atoms with Gasteiger partial charge in [-0.15, -0.1) is 11.3 Å². The molecule has 0 spiro atoms. The number of carbonyl (C=O) groups excluding carboxylic acids is 3. The number of imide groups is 1. The third-order valence-electron chi connectivity index (χ3n) is 6.40. The molecule has 8 heteroatoms. The van der Waals surface area contributed by atoms with Gasteiger partial charge in [-0.3, -0.25) is 14.5 Å². The summed E-state index contributed by atoms with van der Waals surface area (Å²) in [7, 11) is 0. The molecule has 2 saturated heterocycles. The molecule has 33 heavy (non-hydrogen) atoms. The van der Waals surface area contributed by atoms with Crippen molar-refractivity contribution in [2.24, 2.45) is 0 Å². The summed E-state index contributed by atoms with van der Waals surface area (Å²) < 4.78 is 1.15. The Morgan fingerprint density at radius 1 is 1.09 bits per heavy atom. The molecule has 3 heterocycles. The summed E-state index contributed by atoms with van der Waals surface area (Å²) >= 11 is 1.68. The van der Waals surface area contributed by atoms with E-state index in [1.165, 1.54) is 0 Å². The number of nitrogens with one attached hydrogen (secondary N) is 1. The number of aromatic nitrogens is 1. The van der Waals surface area contributed by atoms with Gasteiger partial charge in [0.05, 0.1) is 15.2 Å². The van der Waals surface area contributed by atoms with Gasteiger partial charge in [0.15, 0.2) is 0 Å². The van der Waals surface area contributed by atoms with Gasteiger partial charge in [-0.1, -0.05) is 42.5 Å². The highest BCUT2D eigenvalue weighted by atomic mass is 32.1. The average molecular weight is 463 g/mol. The maximum Gasteiger partial charge on any atom is 0.325 e. The quantitative estimate of drug-likeness (QED) is 0.568. The molecule has 1 aromatic heterocycles. The highest BCUT2D eigenvalue weighted by Gasteiger charge is 2.39. The fourth-order valence-electron chi connectivity index (χ4n) is 4.58. The summed E-state index contributed by atoms with van der Waals surface area (Å²) in [5.74, 6) is -0.320. The number of hydrogen-bond acceptors (Lipinski definition) is 5. The highest BCUT2D eigenvalue weighted by molar-refractivity contribution is 7.18. The lowest BCUT2D eigenvalue weighted by molar-refractivity contribution is -0.138. The minimum Gasteiger partial charge on any atom is -0.340 e. The number of rotatable bonds is 6. The van der Waals surface area contributed by atoms with E-state index in [4.69, 9.17) is 4.98 Å². The van der Waals surface area contributed by atoms with Crippen molar-refractivity contribution in [2.75, 3.05) is 19.6 Å². The average Bonchev–Trinajstić information content (AvgIpc) is 3.40. The lowest BCUT2D eigenvalue weighted by Crippen LogP contribution is -2.46. The molecular formula is C25H26N4O3S. The summed E-state index contributed by atoms with van der Waals surface area (Å²) in [6.45, 7) is 1.00. The van der Waals surface area contributed by atoms with Gasteiger partial charge in [-0.25, -0.2) is 9.78 Å². The number of fused-ring (bicyclic) bond motifs is 1. The van der Waals surface area contributed by atoms with Crippen molar-refractivity contribution in [1.29, 1.82) is 0 Å². The van der Waals surface area contributed by atoms with Gasteiger partial charge < -0.3 is 10.2 Å². The minimum absolute atomic E-state index is 0.182. The monoisotopic (exact) mass is 462 g/mol. The van der Waals surface area contributed by atoms with Crippen LogP contribution >= 0.6 is 11.3 Å². The smallest absolute Gasteiger partial charge is 0.325 e. The van der Waals surface area contributed by atoms with Crippen LogP contribution in [0.3, 0.4) is 0 Å². The zero-order valence-electron chi connectivity index (χ0n) is 18.3. The number of carbonyl (C=O) groups is 3. The van der Waals surface area contributed by atoms with Crippen molar-refractivity contribution >= 4 is 39.4 Å². The first-order chi connectivity index (χ1) is 16.1. The Hall–Kier alpha value is -3.26. The van der Waals surface area contributed by atoms with Crippen molar-refractivity contribution in [3.8, 4) is 0 Å². The van der Waals surface area contributed by atoms with Crippen molar-refractivity contribution in [3.63, 3.8) is 0 Å². The lowest BCUT2D eigenvalue weighted by Gasteiger charge is -2.32. The van der Waals surface area contributed by atoms with Crippen molar-refractivity contribution in [2.45, 2.75) is 37.6 Å². The highest BCUT2D eigenvalue weighted by Crippen LogP contribution is 2.33. The van der Waals surface area contributed by atoms with E-state index < -0.39 is 12.1 Å².